The average molecular weight is 327 g/mol. The second-order valence-electron chi connectivity index (χ2n) is 5.01. The molecule has 1 amide bonds. The number of hydrogen-bond acceptors (Lipinski definition) is 4. The number of piperidine rings is 1. The Morgan fingerprint density at radius 2 is 2.42 bits per heavy atom. The van der Waals surface area contributed by atoms with Gasteiger partial charge in [-0.2, -0.15) is 0 Å². The largest absolute Gasteiger partial charge is 0.328 e. The van der Waals surface area contributed by atoms with Crippen LogP contribution in [0, 0.1) is 0 Å². The fourth-order valence-corrected chi connectivity index (χ4v) is 2.54. The third-order valence-corrected chi connectivity index (χ3v) is 3.86. The van der Waals surface area contributed by atoms with Crippen LogP contribution in [0.1, 0.15) is 19.8 Å². The first kappa shape index (κ1) is 14.4. The molecule has 104 valence electrons. The van der Waals surface area contributed by atoms with E-state index >= 15 is 0 Å². The van der Waals surface area contributed by atoms with Crippen LogP contribution >= 0.6 is 15.9 Å². The Labute approximate surface area is 121 Å². The Hall–Kier alpha value is -0.980. The van der Waals surface area contributed by atoms with Gasteiger partial charge in [0.25, 0.3) is 0 Å². The highest BCUT2D eigenvalue weighted by Gasteiger charge is 2.24. The van der Waals surface area contributed by atoms with Gasteiger partial charge in [-0.1, -0.05) is 0 Å². The molecule has 19 heavy (non-hydrogen) atoms. The molecule has 2 unspecified atom stereocenters. The monoisotopic (exact) mass is 326 g/mol. The number of nitrogens with one attached hydrogen (secondary N) is 1. The van der Waals surface area contributed by atoms with Crippen molar-refractivity contribution >= 4 is 27.7 Å². The van der Waals surface area contributed by atoms with Crippen LogP contribution in [0.5, 0.6) is 0 Å². The summed E-state index contributed by atoms with van der Waals surface area (Å²) in [5, 5.41) is 2.80. The number of carbonyl (C=O) groups excluding carboxylic acids is 1. The van der Waals surface area contributed by atoms with Gasteiger partial charge in [-0.3, -0.25) is 9.69 Å². The van der Waals surface area contributed by atoms with Crippen molar-refractivity contribution in [1.82, 2.24) is 9.88 Å². The van der Waals surface area contributed by atoms with Crippen LogP contribution in [0.25, 0.3) is 0 Å². The van der Waals surface area contributed by atoms with Crippen molar-refractivity contribution in [3.05, 3.63) is 22.8 Å². The number of nitrogens with two attached hydrogens (primary N) is 1. The Bertz CT molecular complexity index is 437. The highest BCUT2D eigenvalue weighted by Crippen LogP contribution is 2.16. The summed E-state index contributed by atoms with van der Waals surface area (Å²) in [6.45, 7) is 3.39. The van der Waals surface area contributed by atoms with Crippen LogP contribution in [-0.4, -0.2) is 41.0 Å². The molecule has 1 aromatic heterocycles. The number of carbonyl (C=O) groups is 1. The highest BCUT2D eigenvalue weighted by molar-refractivity contribution is 9.10. The lowest BCUT2D eigenvalue weighted by Crippen LogP contribution is -2.48. The van der Waals surface area contributed by atoms with Gasteiger partial charge in [0.2, 0.25) is 5.91 Å². The molecular formula is C13H19BrN4O. The van der Waals surface area contributed by atoms with Crippen molar-refractivity contribution in [2.75, 3.05) is 18.4 Å². The van der Waals surface area contributed by atoms with E-state index in [1.807, 2.05) is 6.07 Å². The molecule has 1 aliphatic heterocycles. The maximum absolute atomic E-state index is 12.0. The van der Waals surface area contributed by atoms with Crippen LogP contribution in [0.3, 0.4) is 0 Å². The Balaban J connectivity index is 1.85. The Morgan fingerprint density at radius 1 is 1.63 bits per heavy atom. The summed E-state index contributed by atoms with van der Waals surface area (Å²) < 4.78 is 0.893. The van der Waals surface area contributed by atoms with Crippen LogP contribution in [-0.2, 0) is 4.79 Å². The first-order valence-corrected chi connectivity index (χ1v) is 7.25. The molecule has 1 aromatic rings. The lowest BCUT2D eigenvalue weighted by atomic mass is 9.99. The van der Waals surface area contributed by atoms with E-state index in [9.17, 15) is 4.79 Å². The second kappa shape index (κ2) is 6.45. The number of nitrogens with zero attached hydrogens (tertiary/aromatic N) is 2. The van der Waals surface area contributed by atoms with Crippen molar-refractivity contribution in [3.63, 3.8) is 0 Å². The quantitative estimate of drug-likeness (QED) is 0.884. The fraction of sp³-hybridized carbons (Fsp3) is 0.538. The highest BCUT2D eigenvalue weighted by atomic mass is 79.9. The zero-order chi connectivity index (χ0) is 13.8. The number of halogens is 1. The molecule has 6 heteroatoms. The zero-order valence-corrected chi connectivity index (χ0v) is 12.6. The number of pyridine rings is 1. The number of aromatic nitrogens is 1. The van der Waals surface area contributed by atoms with E-state index in [4.69, 9.17) is 5.73 Å². The smallest absolute Gasteiger partial charge is 0.239 e. The van der Waals surface area contributed by atoms with Crippen LogP contribution in [0.4, 0.5) is 5.82 Å². The molecule has 0 aliphatic carbocycles. The standard InChI is InChI=1S/C13H19BrN4O/c1-9-6-11(15)4-5-18(9)8-13(19)17-12-3-2-10(14)7-16-12/h2-3,7,9,11H,4-6,8,15H2,1H3,(H,16,17,19). The van der Waals surface area contributed by atoms with E-state index in [1.54, 1.807) is 12.3 Å². The normalized spacial score (nSPS) is 24.2. The molecule has 2 heterocycles. The first-order valence-electron chi connectivity index (χ1n) is 6.45. The van der Waals surface area contributed by atoms with Crippen molar-refractivity contribution < 1.29 is 4.79 Å². The van der Waals surface area contributed by atoms with E-state index in [-0.39, 0.29) is 11.9 Å². The van der Waals surface area contributed by atoms with E-state index in [0.29, 0.717) is 18.4 Å². The van der Waals surface area contributed by atoms with E-state index in [0.717, 1.165) is 23.9 Å². The molecule has 0 saturated carbocycles. The van der Waals surface area contributed by atoms with Gasteiger partial charge < -0.3 is 11.1 Å². The predicted molar refractivity (Wildman–Crippen MR) is 78.8 cm³/mol. The van der Waals surface area contributed by atoms with Crippen LogP contribution in [0.2, 0.25) is 0 Å². The van der Waals surface area contributed by atoms with E-state index in [2.05, 4.69) is 38.1 Å². The van der Waals surface area contributed by atoms with Gasteiger partial charge in [0.15, 0.2) is 0 Å². The fourth-order valence-electron chi connectivity index (χ4n) is 2.31. The molecule has 1 saturated heterocycles. The van der Waals surface area contributed by atoms with E-state index in [1.165, 1.54) is 0 Å². The first-order chi connectivity index (χ1) is 9.04. The van der Waals surface area contributed by atoms with Crippen molar-refractivity contribution in [2.24, 2.45) is 5.73 Å². The van der Waals surface area contributed by atoms with Gasteiger partial charge in [0.1, 0.15) is 5.82 Å². The molecule has 2 rings (SSSR count). The SMILES string of the molecule is CC1CC(N)CCN1CC(=O)Nc1ccc(Br)cn1. The van der Waals surface area contributed by atoms with Gasteiger partial charge in [-0.25, -0.2) is 4.98 Å². The topological polar surface area (TPSA) is 71.2 Å². The number of rotatable bonds is 3. The summed E-state index contributed by atoms with van der Waals surface area (Å²) in [5.74, 6) is 0.548. The molecule has 0 spiro atoms. The second-order valence-corrected chi connectivity index (χ2v) is 5.93. The summed E-state index contributed by atoms with van der Waals surface area (Å²) in [7, 11) is 0. The van der Waals surface area contributed by atoms with E-state index < -0.39 is 0 Å². The Morgan fingerprint density at radius 3 is 3.05 bits per heavy atom. The minimum Gasteiger partial charge on any atom is -0.328 e. The summed E-state index contributed by atoms with van der Waals surface area (Å²) >= 11 is 3.31. The summed E-state index contributed by atoms with van der Waals surface area (Å²) in [6.07, 6.45) is 3.57. The third-order valence-electron chi connectivity index (χ3n) is 3.40. The number of amides is 1. The van der Waals surface area contributed by atoms with Crippen LogP contribution < -0.4 is 11.1 Å². The third kappa shape index (κ3) is 4.26. The number of hydrogen-bond donors (Lipinski definition) is 2. The van der Waals surface area contributed by atoms with Gasteiger partial charge >= 0.3 is 0 Å². The lowest BCUT2D eigenvalue weighted by molar-refractivity contribution is -0.118. The van der Waals surface area contributed by atoms with Gasteiger partial charge in [-0.15, -0.1) is 0 Å². The summed E-state index contributed by atoms with van der Waals surface area (Å²) in [6, 6.07) is 4.25. The molecular weight excluding hydrogens is 308 g/mol. The molecule has 0 aromatic carbocycles. The molecule has 1 aliphatic rings. The van der Waals surface area contributed by atoms with Gasteiger partial charge in [0, 0.05) is 29.3 Å². The van der Waals surface area contributed by atoms with Crippen molar-refractivity contribution in [2.45, 2.75) is 31.8 Å². The number of likely N-dealkylation sites (tertiary alicyclic amines) is 1. The number of anilines is 1. The summed E-state index contributed by atoms with van der Waals surface area (Å²) in [5.41, 5.74) is 5.91. The minimum absolute atomic E-state index is 0.0304. The Kier molecular flexibility index (Phi) is 4.90. The summed E-state index contributed by atoms with van der Waals surface area (Å²) in [4.78, 5) is 18.2. The van der Waals surface area contributed by atoms with Crippen LogP contribution in [0.15, 0.2) is 22.8 Å². The molecule has 5 nitrogen and oxygen atoms in total. The molecule has 0 bridgehead atoms. The average Bonchev–Trinajstić information content (AvgIpc) is 2.36. The van der Waals surface area contributed by atoms with Crippen molar-refractivity contribution in [1.29, 1.82) is 0 Å². The molecule has 1 fully saturated rings. The van der Waals surface area contributed by atoms with Gasteiger partial charge in [-0.05, 0) is 47.8 Å². The molecule has 2 atom stereocenters. The molecule has 3 N–H and O–H groups in total. The van der Waals surface area contributed by atoms with Crippen molar-refractivity contribution in [3.8, 4) is 0 Å². The van der Waals surface area contributed by atoms with Gasteiger partial charge in [0.05, 0.1) is 6.54 Å². The minimum atomic E-state index is -0.0304. The maximum atomic E-state index is 12.0. The zero-order valence-electron chi connectivity index (χ0n) is 11.0. The predicted octanol–water partition coefficient (Wildman–Crippen LogP) is 1.59. The maximum Gasteiger partial charge on any atom is 0.239 e. The molecule has 0 radical (unpaired) electrons. The lowest BCUT2D eigenvalue weighted by Gasteiger charge is -2.35.